The molecule has 21 heavy (non-hydrogen) atoms. The van der Waals surface area contributed by atoms with Gasteiger partial charge < -0.3 is 4.74 Å². The molecule has 0 aliphatic heterocycles. The van der Waals surface area contributed by atoms with Gasteiger partial charge in [-0.15, -0.1) is 11.3 Å². The standard InChI is InChI=1S/C13H14N4O3S/c1-3-20-11(18)4-9-7-21-13(16-9)17-12(19)10-6-14-8(2)5-15-10/h5-7H,3-4H2,1-2H3,(H,16,17,19). The van der Waals surface area contributed by atoms with Crippen molar-refractivity contribution in [1.82, 2.24) is 15.0 Å². The molecule has 2 aromatic heterocycles. The van der Waals surface area contributed by atoms with Crippen molar-refractivity contribution in [2.75, 3.05) is 11.9 Å². The van der Waals surface area contributed by atoms with Gasteiger partial charge in [-0.1, -0.05) is 0 Å². The molecular weight excluding hydrogens is 292 g/mol. The van der Waals surface area contributed by atoms with Crippen molar-refractivity contribution >= 4 is 28.3 Å². The van der Waals surface area contributed by atoms with Crippen LogP contribution in [0.3, 0.4) is 0 Å². The van der Waals surface area contributed by atoms with Gasteiger partial charge in [0, 0.05) is 11.6 Å². The summed E-state index contributed by atoms with van der Waals surface area (Å²) in [5, 5.41) is 4.72. The largest absolute Gasteiger partial charge is 0.466 e. The zero-order chi connectivity index (χ0) is 15.2. The zero-order valence-corrected chi connectivity index (χ0v) is 12.4. The van der Waals surface area contributed by atoms with Crippen LogP contribution < -0.4 is 5.32 Å². The predicted octanol–water partition coefficient (Wildman–Crippen LogP) is 1.60. The second-order valence-electron chi connectivity index (χ2n) is 4.12. The number of amides is 1. The molecule has 0 atom stereocenters. The van der Waals surface area contributed by atoms with Gasteiger partial charge in [0.1, 0.15) is 5.69 Å². The van der Waals surface area contributed by atoms with E-state index in [1.165, 1.54) is 23.7 Å². The van der Waals surface area contributed by atoms with Gasteiger partial charge in [0.15, 0.2) is 5.13 Å². The van der Waals surface area contributed by atoms with E-state index < -0.39 is 0 Å². The number of nitrogens with one attached hydrogen (secondary N) is 1. The maximum atomic E-state index is 11.9. The van der Waals surface area contributed by atoms with Crippen LogP contribution in [0.25, 0.3) is 0 Å². The van der Waals surface area contributed by atoms with Crippen molar-refractivity contribution in [2.24, 2.45) is 0 Å². The second-order valence-corrected chi connectivity index (χ2v) is 4.98. The lowest BCUT2D eigenvalue weighted by Gasteiger charge is -2.01. The molecule has 0 fully saturated rings. The molecule has 110 valence electrons. The molecule has 0 bridgehead atoms. The number of esters is 1. The van der Waals surface area contributed by atoms with Crippen molar-refractivity contribution in [3.63, 3.8) is 0 Å². The fraction of sp³-hybridized carbons (Fsp3) is 0.308. The fourth-order valence-corrected chi connectivity index (χ4v) is 2.18. The topological polar surface area (TPSA) is 94.1 Å². The fourth-order valence-electron chi connectivity index (χ4n) is 1.48. The van der Waals surface area contributed by atoms with Crippen LogP contribution in [0.15, 0.2) is 17.8 Å². The van der Waals surface area contributed by atoms with E-state index >= 15 is 0 Å². The average molecular weight is 306 g/mol. The minimum Gasteiger partial charge on any atom is -0.466 e. The summed E-state index contributed by atoms with van der Waals surface area (Å²) in [6, 6.07) is 0. The van der Waals surface area contributed by atoms with Crippen LogP contribution in [0.1, 0.15) is 28.8 Å². The second kappa shape index (κ2) is 6.89. The van der Waals surface area contributed by atoms with Gasteiger partial charge >= 0.3 is 5.97 Å². The molecule has 2 heterocycles. The highest BCUT2D eigenvalue weighted by atomic mass is 32.1. The highest BCUT2D eigenvalue weighted by Gasteiger charge is 2.12. The Morgan fingerprint density at radius 1 is 1.33 bits per heavy atom. The molecule has 1 amide bonds. The third-order valence-corrected chi connectivity index (χ3v) is 3.22. The number of thiazole rings is 1. The first kappa shape index (κ1) is 15.0. The molecule has 2 aromatic rings. The Morgan fingerprint density at radius 3 is 2.81 bits per heavy atom. The third-order valence-electron chi connectivity index (χ3n) is 2.42. The molecule has 1 N–H and O–H groups in total. The lowest BCUT2D eigenvalue weighted by atomic mass is 10.3. The van der Waals surface area contributed by atoms with Gasteiger partial charge in [-0.05, 0) is 13.8 Å². The quantitative estimate of drug-likeness (QED) is 0.843. The number of anilines is 1. The molecule has 0 radical (unpaired) electrons. The van der Waals surface area contributed by atoms with E-state index in [0.29, 0.717) is 17.4 Å². The van der Waals surface area contributed by atoms with E-state index in [4.69, 9.17) is 4.74 Å². The summed E-state index contributed by atoms with van der Waals surface area (Å²) < 4.78 is 4.84. The molecule has 0 saturated carbocycles. The number of nitrogens with zero attached hydrogens (tertiary/aromatic N) is 3. The maximum absolute atomic E-state index is 11.9. The highest BCUT2D eigenvalue weighted by Crippen LogP contribution is 2.16. The summed E-state index contributed by atoms with van der Waals surface area (Å²) in [5.41, 5.74) is 1.50. The van der Waals surface area contributed by atoms with E-state index in [1.807, 2.05) is 0 Å². The van der Waals surface area contributed by atoms with Crippen molar-refractivity contribution in [3.05, 3.63) is 34.9 Å². The minimum absolute atomic E-state index is 0.0878. The molecule has 0 aliphatic rings. The molecule has 2 rings (SSSR count). The highest BCUT2D eigenvalue weighted by molar-refractivity contribution is 7.14. The Balaban J connectivity index is 1.97. The van der Waals surface area contributed by atoms with Gasteiger partial charge in [0.05, 0.1) is 30.6 Å². The molecule has 0 saturated heterocycles. The zero-order valence-electron chi connectivity index (χ0n) is 11.6. The number of ether oxygens (including phenoxy) is 1. The Bertz CT molecular complexity index is 639. The first-order valence-corrected chi connectivity index (χ1v) is 7.16. The molecule has 0 unspecified atom stereocenters. The number of aromatic nitrogens is 3. The summed E-state index contributed by atoms with van der Waals surface area (Å²) in [5.74, 6) is -0.732. The van der Waals surface area contributed by atoms with Crippen molar-refractivity contribution < 1.29 is 14.3 Å². The number of rotatable bonds is 5. The Morgan fingerprint density at radius 2 is 2.14 bits per heavy atom. The summed E-state index contributed by atoms with van der Waals surface area (Å²) in [4.78, 5) is 35.4. The lowest BCUT2D eigenvalue weighted by Crippen LogP contribution is -2.14. The van der Waals surface area contributed by atoms with Gasteiger partial charge in [-0.2, -0.15) is 0 Å². The van der Waals surface area contributed by atoms with Gasteiger partial charge in [-0.25, -0.2) is 9.97 Å². The molecular formula is C13H14N4O3S. The van der Waals surface area contributed by atoms with Crippen molar-refractivity contribution in [2.45, 2.75) is 20.3 Å². The first-order valence-electron chi connectivity index (χ1n) is 6.28. The third kappa shape index (κ3) is 4.32. The molecule has 0 spiro atoms. The summed E-state index contributed by atoms with van der Waals surface area (Å²) in [6.45, 7) is 3.86. The maximum Gasteiger partial charge on any atom is 0.311 e. The normalized spacial score (nSPS) is 10.2. The number of hydrogen-bond donors (Lipinski definition) is 1. The van der Waals surface area contributed by atoms with Crippen LogP contribution in [-0.2, 0) is 16.0 Å². The number of hydrogen-bond acceptors (Lipinski definition) is 7. The van der Waals surface area contributed by atoms with E-state index in [9.17, 15) is 9.59 Å². The number of aryl methyl sites for hydroxylation is 1. The number of carbonyl (C=O) groups is 2. The molecule has 7 nitrogen and oxygen atoms in total. The Labute approximate surface area is 125 Å². The van der Waals surface area contributed by atoms with E-state index in [0.717, 1.165) is 5.69 Å². The summed E-state index contributed by atoms with van der Waals surface area (Å²) >= 11 is 1.24. The van der Waals surface area contributed by atoms with Crippen LogP contribution in [0.5, 0.6) is 0 Å². The average Bonchev–Trinajstić information content (AvgIpc) is 2.86. The van der Waals surface area contributed by atoms with E-state index in [-0.39, 0.29) is 24.0 Å². The van der Waals surface area contributed by atoms with Crippen LogP contribution in [0, 0.1) is 6.92 Å². The summed E-state index contributed by atoms with van der Waals surface area (Å²) in [6.07, 6.45) is 3.01. The lowest BCUT2D eigenvalue weighted by molar-refractivity contribution is -0.142. The van der Waals surface area contributed by atoms with Crippen molar-refractivity contribution in [3.8, 4) is 0 Å². The van der Waals surface area contributed by atoms with E-state index in [1.54, 1.807) is 19.2 Å². The monoisotopic (exact) mass is 306 g/mol. The predicted molar refractivity (Wildman–Crippen MR) is 77.2 cm³/mol. The minimum atomic E-state index is -0.389. The molecule has 8 heteroatoms. The Hall–Kier alpha value is -2.35. The summed E-state index contributed by atoms with van der Waals surface area (Å²) in [7, 11) is 0. The van der Waals surface area contributed by atoms with Gasteiger partial charge in [-0.3, -0.25) is 19.9 Å². The van der Waals surface area contributed by atoms with Crippen LogP contribution in [0.2, 0.25) is 0 Å². The van der Waals surface area contributed by atoms with Crippen LogP contribution >= 0.6 is 11.3 Å². The molecule has 0 aromatic carbocycles. The van der Waals surface area contributed by atoms with Gasteiger partial charge in [0.25, 0.3) is 5.91 Å². The SMILES string of the molecule is CCOC(=O)Cc1csc(NC(=O)c2cnc(C)cn2)n1. The van der Waals surface area contributed by atoms with Crippen LogP contribution in [0.4, 0.5) is 5.13 Å². The van der Waals surface area contributed by atoms with E-state index in [2.05, 4.69) is 20.3 Å². The van der Waals surface area contributed by atoms with Gasteiger partial charge in [0.2, 0.25) is 0 Å². The smallest absolute Gasteiger partial charge is 0.311 e. The Kier molecular flexibility index (Phi) is 4.94. The first-order chi connectivity index (χ1) is 10.1. The molecule has 0 aliphatic carbocycles. The van der Waals surface area contributed by atoms with Crippen molar-refractivity contribution in [1.29, 1.82) is 0 Å². The number of carbonyl (C=O) groups excluding carboxylic acids is 2. The van der Waals surface area contributed by atoms with Crippen LogP contribution in [-0.4, -0.2) is 33.4 Å².